The first-order chi connectivity index (χ1) is 9.36. The Morgan fingerprint density at radius 1 is 1.32 bits per heavy atom. The van der Waals surface area contributed by atoms with Crippen molar-refractivity contribution in [3.63, 3.8) is 0 Å². The second-order valence-corrected chi connectivity index (χ2v) is 4.84. The summed E-state index contributed by atoms with van der Waals surface area (Å²) in [6, 6.07) is 3.79. The molecule has 0 saturated carbocycles. The van der Waals surface area contributed by atoms with Gasteiger partial charge in [0, 0.05) is 18.4 Å². The van der Waals surface area contributed by atoms with Crippen LogP contribution in [0.5, 0.6) is 0 Å². The summed E-state index contributed by atoms with van der Waals surface area (Å²) in [5, 5.41) is 12.6. The van der Waals surface area contributed by atoms with Crippen LogP contribution in [0.3, 0.4) is 0 Å². The van der Waals surface area contributed by atoms with Gasteiger partial charge in [-0.1, -0.05) is 0 Å². The van der Waals surface area contributed by atoms with E-state index in [1.165, 1.54) is 6.42 Å². The number of alkyl halides is 1. The summed E-state index contributed by atoms with van der Waals surface area (Å²) in [6.45, 7) is 0.810. The lowest BCUT2D eigenvalue weighted by atomic mass is 10.2. The van der Waals surface area contributed by atoms with Crippen molar-refractivity contribution in [3.8, 4) is 11.3 Å². The van der Waals surface area contributed by atoms with Gasteiger partial charge in [0.15, 0.2) is 0 Å². The van der Waals surface area contributed by atoms with Crippen molar-refractivity contribution in [3.05, 3.63) is 30.2 Å². The maximum atomic E-state index is 5.70. The number of hydrogen-bond donors (Lipinski definition) is 0. The molecule has 3 heterocycles. The van der Waals surface area contributed by atoms with Crippen LogP contribution in [-0.4, -0.2) is 26.6 Å². The summed E-state index contributed by atoms with van der Waals surface area (Å²) in [4.78, 5) is 0. The van der Waals surface area contributed by atoms with Crippen molar-refractivity contribution >= 4 is 11.6 Å². The molecule has 0 aromatic carbocycles. The molecule has 1 aliphatic heterocycles. The highest BCUT2D eigenvalue weighted by atomic mass is 35.5. The minimum absolute atomic E-state index is 0.0533. The third-order valence-electron chi connectivity index (χ3n) is 3.20. The molecule has 5 nitrogen and oxygen atoms in total. The van der Waals surface area contributed by atoms with Crippen LogP contribution >= 0.6 is 11.6 Å². The van der Waals surface area contributed by atoms with Gasteiger partial charge in [-0.3, -0.25) is 0 Å². The van der Waals surface area contributed by atoms with Crippen LogP contribution < -0.4 is 0 Å². The molecule has 19 heavy (non-hydrogen) atoms. The van der Waals surface area contributed by atoms with Crippen molar-refractivity contribution in [2.24, 2.45) is 0 Å². The molecule has 2 aromatic rings. The van der Waals surface area contributed by atoms with E-state index in [1.54, 1.807) is 6.20 Å². The Balaban J connectivity index is 1.79. The van der Waals surface area contributed by atoms with E-state index in [4.69, 9.17) is 16.3 Å². The minimum atomic E-state index is 0.0533. The van der Waals surface area contributed by atoms with E-state index in [0.717, 1.165) is 36.4 Å². The van der Waals surface area contributed by atoms with E-state index in [1.807, 2.05) is 23.0 Å². The van der Waals surface area contributed by atoms with Gasteiger partial charge in [0.2, 0.25) is 0 Å². The third kappa shape index (κ3) is 2.77. The summed E-state index contributed by atoms with van der Waals surface area (Å²) in [6.07, 6.45) is 7.14. The SMILES string of the molecule is ClCc1ccc(-c2cnn(C3CCCCO3)c2)nn1. The van der Waals surface area contributed by atoms with Crippen LogP contribution in [0, 0.1) is 0 Å². The molecule has 0 bridgehead atoms. The van der Waals surface area contributed by atoms with Crippen molar-refractivity contribution in [2.75, 3.05) is 6.61 Å². The lowest BCUT2D eigenvalue weighted by Gasteiger charge is -2.22. The highest BCUT2D eigenvalue weighted by Crippen LogP contribution is 2.24. The fraction of sp³-hybridized carbons (Fsp3) is 0.462. The standard InChI is InChI=1S/C13H15ClN4O/c14-7-11-4-5-12(17-16-11)10-8-15-18(9-10)13-3-1-2-6-19-13/h4-5,8-9,13H,1-3,6-7H2. The van der Waals surface area contributed by atoms with Crippen LogP contribution in [0.2, 0.25) is 0 Å². The maximum Gasteiger partial charge on any atom is 0.150 e. The predicted molar refractivity (Wildman–Crippen MR) is 71.7 cm³/mol. The topological polar surface area (TPSA) is 52.8 Å². The minimum Gasteiger partial charge on any atom is -0.357 e. The monoisotopic (exact) mass is 278 g/mol. The smallest absolute Gasteiger partial charge is 0.150 e. The van der Waals surface area contributed by atoms with Crippen LogP contribution in [-0.2, 0) is 10.6 Å². The van der Waals surface area contributed by atoms with Gasteiger partial charge in [-0.2, -0.15) is 15.3 Å². The molecular weight excluding hydrogens is 264 g/mol. The molecule has 6 heteroatoms. The molecule has 2 aromatic heterocycles. The van der Waals surface area contributed by atoms with Crippen molar-refractivity contribution in [2.45, 2.75) is 31.4 Å². The van der Waals surface area contributed by atoms with Crippen molar-refractivity contribution in [1.29, 1.82) is 0 Å². The molecular formula is C13H15ClN4O. The Bertz CT molecular complexity index is 534. The molecule has 1 unspecified atom stereocenters. The van der Waals surface area contributed by atoms with Crippen molar-refractivity contribution < 1.29 is 4.74 Å². The van der Waals surface area contributed by atoms with Crippen LogP contribution in [0.25, 0.3) is 11.3 Å². The molecule has 1 fully saturated rings. The predicted octanol–water partition coefficient (Wildman–Crippen LogP) is 2.78. The molecule has 0 N–H and O–H groups in total. The van der Waals surface area contributed by atoms with E-state index in [9.17, 15) is 0 Å². The summed E-state index contributed by atoms with van der Waals surface area (Å²) in [7, 11) is 0. The van der Waals surface area contributed by atoms with E-state index in [0.29, 0.717) is 5.88 Å². The molecule has 3 rings (SSSR count). The van der Waals surface area contributed by atoms with Crippen LogP contribution in [0.15, 0.2) is 24.5 Å². The number of nitrogens with zero attached hydrogens (tertiary/aromatic N) is 4. The largest absolute Gasteiger partial charge is 0.357 e. The number of aromatic nitrogens is 4. The van der Waals surface area contributed by atoms with Crippen LogP contribution in [0.4, 0.5) is 0 Å². The van der Waals surface area contributed by atoms with Gasteiger partial charge in [0.25, 0.3) is 0 Å². The van der Waals surface area contributed by atoms with Gasteiger partial charge in [-0.05, 0) is 31.4 Å². The van der Waals surface area contributed by atoms with E-state index >= 15 is 0 Å². The Hall–Kier alpha value is -1.46. The summed E-state index contributed by atoms with van der Waals surface area (Å²) in [5.74, 6) is 0.377. The highest BCUT2D eigenvalue weighted by Gasteiger charge is 2.17. The average molecular weight is 279 g/mol. The van der Waals surface area contributed by atoms with Gasteiger partial charge in [-0.25, -0.2) is 4.68 Å². The van der Waals surface area contributed by atoms with E-state index in [2.05, 4.69) is 15.3 Å². The lowest BCUT2D eigenvalue weighted by molar-refractivity contribution is -0.0394. The van der Waals surface area contributed by atoms with Gasteiger partial charge in [-0.15, -0.1) is 11.6 Å². The molecule has 1 saturated heterocycles. The molecule has 100 valence electrons. The van der Waals surface area contributed by atoms with Crippen LogP contribution in [0.1, 0.15) is 31.2 Å². The van der Waals surface area contributed by atoms with Gasteiger partial charge >= 0.3 is 0 Å². The first-order valence-electron chi connectivity index (χ1n) is 6.41. The zero-order valence-electron chi connectivity index (χ0n) is 10.5. The summed E-state index contributed by atoms with van der Waals surface area (Å²) >= 11 is 5.70. The Morgan fingerprint density at radius 2 is 2.26 bits per heavy atom. The Labute approximate surface area is 116 Å². The summed E-state index contributed by atoms with van der Waals surface area (Å²) < 4.78 is 7.56. The molecule has 1 atom stereocenters. The van der Waals surface area contributed by atoms with E-state index < -0.39 is 0 Å². The lowest BCUT2D eigenvalue weighted by Crippen LogP contribution is -2.18. The molecule has 0 aliphatic carbocycles. The zero-order valence-corrected chi connectivity index (χ0v) is 11.3. The Morgan fingerprint density at radius 3 is 2.95 bits per heavy atom. The fourth-order valence-corrected chi connectivity index (χ4v) is 2.29. The van der Waals surface area contributed by atoms with Crippen molar-refractivity contribution in [1.82, 2.24) is 20.0 Å². The highest BCUT2D eigenvalue weighted by molar-refractivity contribution is 6.16. The number of rotatable bonds is 3. The molecule has 0 spiro atoms. The number of ether oxygens (including phenoxy) is 1. The quantitative estimate of drug-likeness (QED) is 0.810. The third-order valence-corrected chi connectivity index (χ3v) is 3.48. The summed E-state index contributed by atoms with van der Waals surface area (Å²) in [5.41, 5.74) is 2.52. The maximum absolute atomic E-state index is 5.70. The number of hydrogen-bond acceptors (Lipinski definition) is 4. The zero-order chi connectivity index (χ0) is 13.1. The fourth-order valence-electron chi connectivity index (χ4n) is 2.15. The Kier molecular flexibility index (Phi) is 3.75. The molecule has 0 radical (unpaired) electrons. The number of halogens is 1. The second-order valence-electron chi connectivity index (χ2n) is 4.57. The normalized spacial score (nSPS) is 19.5. The average Bonchev–Trinajstić information content (AvgIpc) is 2.98. The first kappa shape index (κ1) is 12.6. The van der Waals surface area contributed by atoms with Gasteiger partial charge in [0.05, 0.1) is 23.5 Å². The van der Waals surface area contributed by atoms with Gasteiger partial charge < -0.3 is 4.74 Å². The van der Waals surface area contributed by atoms with Gasteiger partial charge in [0.1, 0.15) is 6.23 Å². The van der Waals surface area contributed by atoms with E-state index in [-0.39, 0.29) is 6.23 Å². The first-order valence-corrected chi connectivity index (χ1v) is 6.95. The molecule has 1 aliphatic rings. The second kappa shape index (κ2) is 5.67. The molecule has 0 amide bonds.